The third-order valence-corrected chi connectivity index (χ3v) is 1.63. The maximum Gasteiger partial charge on any atom is 0.118 e. The molecule has 6 nitrogen and oxygen atoms in total. The van der Waals surface area contributed by atoms with Gasteiger partial charge in [0.05, 0.1) is 26.7 Å². The normalized spacial score (nSPS) is 14.2. The van der Waals surface area contributed by atoms with Crippen LogP contribution in [0.2, 0.25) is 0 Å². The first-order chi connectivity index (χ1) is 5.71. The van der Waals surface area contributed by atoms with Gasteiger partial charge in [0, 0.05) is 5.92 Å². The van der Waals surface area contributed by atoms with E-state index in [1.807, 2.05) is 0 Å². The van der Waals surface area contributed by atoms with Crippen molar-refractivity contribution < 1.29 is 25.5 Å². The minimum Gasteiger partial charge on any atom is -0.396 e. The number of aliphatic hydroxyl groups excluding tert-OH is 5. The fourth-order valence-corrected chi connectivity index (χ4v) is 0.756. The van der Waals surface area contributed by atoms with Crippen LogP contribution in [0.1, 0.15) is 0 Å². The van der Waals surface area contributed by atoms with Gasteiger partial charge in [-0.25, -0.2) is 4.90 Å². The number of hydrogen-bond acceptors (Lipinski definition) is 6. The van der Waals surface area contributed by atoms with Crippen LogP contribution in [-0.2, 0) is 0 Å². The van der Waals surface area contributed by atoms with Crippen LogP contribution in [0.4, 0.5) is 0 Å². The molecule has 1 unspecified atom stereocenters. The zero-order valence-electron chi connectivity index (χ0n) is 6.67. The van der Waals surface area contributed by atoms with Crippen molar-refractivity contribution in [3.63, 3.8) is 0 Å². The molecule has 0 amide bonds. The Labute approximate surface area is 70.3 Å². The molecule has 0 aliphatic carbocycles. The van der Waals surface area contributed by atoms with Crippen LogP contribution < -0.4 is 0 Å². The van der Waals surface area contributed by atoms with Crippen molar-refractivity contribution in [3.8, 4) is 0 Å². The van der Waals surface area contributed by atoms with Gasteiger partial charge in [-0.05, 0) is 0 Å². The molecule has 74 valence electrons. The van der Waals surface area contributed by atoms with E-state index in [4.69, 9.17) is 20.4 Å². The van der Waals surface area contributed by atoms with Crippen LogP contribution in [0.25, 0.3) is 0 Å². The van der Waals surface area contributed by atoms with Crippen molar-refractivity contribution in [1.29, 1.82) is 0 Å². The Balaban J connectivity index is 4.02. The average Bonchev–Trinajstić information content (AvgIpc) is 2.09. The van der Waals surface area contributed by atoms with E-state index in [1.165, 1.54) is 0 Å². The van der Waals surface area contributed by atoms with Crippen LogP contribution >= 0.6 is 0 Å². The van der Waals surface area contributed by atoms with Crippen LogP contribution in [0, 0.1) is 5.92 Å². The Morgan fingerprint density at radius 3 is 1.58 bits per heavy atom. The third-order valence-electron chi connectivity index (χ3n) is 1.63. The van der Waals surface area contributed by atoms with Gasteiger partial charge in [-0.1, -0.05) is 0 Å². The van der Waals surface area contributed by atoms with Crippen LogP contribution in [0.5, 0.6) is 0 Å². The van der Waals surface area contributed by atoms with E-state index in [0.717, 1.165) is 4.90 Å². The van der Waals surface area contributed by atoms with Crippen molar-refractivity contribution in [2.45, 2.75) is 6.23 Å². The summed E-state index contributed by atoms with van der Waals surface area (Å²) in [5, 5.41) is 43.7. The van der Waals surface area contributed by atoms with Crippen molar-refractivity contribution in [2.24, 2.45) is 5.92 Å². The minimum atomic E-state index is -1.24. The van der Waals surface area contributed by atoms with E-state index in [-0.39, 0.29) is 0 Å². The summed E-state index contributed by atoms with van der Waals surface area (Å²) in [5.41, 5.74) is 0. The number of hydrogen-bond donors (Lipinski definition) is 5. The highest BCUT2D eigenvalue weighted by Gasteiger charge is 2.23. The van der Waals surface area contributed by atoms with E-state index < -0.39 is 38.8 Å². The molecule has 0 aliphatic heterocycles. The molecule has 1 atom stereocenters. The summed E-state index contributed by atoms with van der Waals surface area (Å²) in [4.78, 5) is 0.900. The first-order valence-electron chi connectivity index (χ1n) is 3.56. The highest BCUT2D eigenvalue weighted by Crippen LogP contribution is 2.06. The average molecular weight is 181 g/mol. The molecular formula is C6H15NO5. The molecule has 0 aromatic rings. The van der Waals surface area contributed by atoms with E-state index in [2.05, 4.69) is 0 Å². The van der Waals surface area contributed by atoms with Crippen molar-refractivity contribution in [3.05, 3.63) is 0 Å². The van der Waals surface area contributed by atoms with E-state index >= 15 is 0 Å². The summed E-state index contributed by atoms with van der Waals surface area (Å²) in [6, 6.07) is 0. The van der Waals surface area contributed by atoms with Gasteiger partial charge in [0.2, 0.25) is 0 Å². The Bertz CT molecular complexity index is 92.1. The molecule has 0 saturated carbocycles. The molecule has 0 fully saturated rings. The molecule has 12 heavy (non-hydrogen) atoms. The predicted octanol–water partition coefficient (Wildman–Crippen LogP) is -2.89. The van der Waals surface area contributed by atoms with E-state index in [0.29, 0.717) is 0 Å². The third kappa shape index (κ3) is 3.02. The van der Waals surface area contributed by atoms with Gasteiger partial charge in [-0.3, -0.25) is 0 Å². The second-order valence-electron chi connectivity index (χ2n) is 2.41. The van der Waals surface area contributed by atoms with Gasteiger partial charge in [-0.15, -0.1) is 0 Å². The van der Waals surface area contributed by atoms with Gasteiger partial charge < -0.3 is 25.5 Å². The van der Waals surface area contributed by atoms with Crippen molar-refractivity contribution in [2.75, 3.05) is 26.7 Å². The van der Waals surface area contributed by atoms with Crippen LogP contribution in [-0.4, -0.2) is 63.3 Å². The Morgan fingerprint density at radius 1 is 0.917 bits per heavy atom. The molecule has 0 bridgehead atoms. The summed E-state index contributed by atoms with van der Waals surface area (Å²) in [7, 11) is 0. The zero-order chi connectivity index (χ0) is 9.56. The minimum absolute atomic E-state index is 0.409. The topological polar surface area (TPSA) is 104 Å². The molecule has 0 saturated heterocycles. The largest absolute Gasteiger partial charge is 0.396 e. The quantitative estimate of drug-likeness (QED) is 0.282. The monoisotopic (exact) mass is 181 g/mol. The number of aliphatic hydroxyl groups is 5. The van der Waals surface area contributed by atoms with Crippen molar-refractivity contribution >= 4 is 0 Å². The second kappa shape index (κ2) is 6.30. The zero-order valence-corrected chi connectivity index (χ0v) is 6.67. The lowest BCUT2D eigenvalue weighted by atomic mass is 10.1. The van der Waals surface area contributed by atoms with Gasteiger partial charge in [-0.2, -0.15) is 0 Å². The maximum absolute atomic E-state index is 9.25. The van der Waals surface area contributed by atoms with Gasteiger partial charge in [0.25, 0.3) is 0 Å². The summed E-state index contributed by atoms with van der Waals surface area (Å²) in [6.45, 7) is -1.88. The Hall–Kier alpha value is -0.240. The number of nitrogens with zero attached hydrogens (tertiary/aromatic N) is 1. The first-order valence-corrected chi connectivity index (χ1v) is 3.56. The number of rotatable bonds is 6. The molecule has 0 spiro atoms. The molecule has 0 rings (SSSR count). The molecule has 0 aromatic heterocycles. The van der Waals surface area contributed by atoms with Gasteiger partial charge in [0.15, 0.2) is 0 Å². The molecule has 0 heterocycles. The smallest absolute Gasteiger partial charge is 0.118 e. The summed E-state index contributed by atoms with van der Waals surface area (Å²) < 4.78 is 0. The van der Waals surface area contributed by atoms with Crippen LogP contribution in [0.3, 0.4) is 0 Å². The standard InChI is InChI=1S/C6H15NO5/c8-1-5(2-9)6(12)7(3-10)4-11/h5-6,8-12H,1-4H2. The van der Waals surface area contributed by atoms with E-state index in [9.17, 15) is 5.11 Å². The fourth-order valence-electron chi connectivity index (χ4n) is 0.756. The summed E-state index contributed by atoms with van der Waals surface area (Å²) >= 11 is 0. The summed E-state index contributed by atoms with van der Waals surface area (Å²) in [6.07, 6.45) is -1.24. The van der Waals surface area contributed by atoms with Gasteiger partial charge in [0.1, 0.15) is 6.23 Å². The molecule has 0 aromatic carbocycles. The lowest BCUT2D eigenvalue weighted by Crippen LogP contribution is -2.44. The SMILES string of the molecule is OCC(CO)C(O)N(CO)CO. The highest BCUT2D eigenvalue weighted by molar-refractivity contribution is 4.65. The second-order valence-corrected chi connectivity index (χ2v) is 2.41. The predicted molar refractivity (Wildman–Crippen MR) is 39.7 cm³/mol. The summed E-state index contributed by atoms with van der Waals surface area (Å²) in [5.74, 6) is -0.774. The molecule has 0 aliphatic rings. The molecule has 5 N–H and O–H groups in total. The lowest BCUT2D eigenvalue weighted by Gasteiger charge is -2.27. The van der Waals surface area contributed by atoms with Crippen molar-refractivity contribution in [1.82, 2.24) is 4.90 Å². The van der Waals surface area contributed by atoms with E-state index in [1.54, 1.807) is 0 Å². The molecule has 6 heteroatoms. The Morgan fingerprint density at radius 2 is 1.33 bits per heavy atom. The maximum atomic E-state index is 9.25. The Kier molecular flexibility index (Phi) is 6.17. The van der Waals surface area contributed by atoms with Gasteiger partial charge >= 0.3 is 0 Å². The molecular weight excluding hydrogens is 166 g/mol. The lowest BCUT2D eigenvalue weighted by molar-refractivity contribution is -0.129. The van der Waals surface area contributed by atoms with Crippen LogP contribution in [0.15, 0.2) is 0 Å². The fraction of sp³-hybridized carbons (Fsp3) is 1.00. The molecule has 0 radical (unpaired) electrons. The highest BCUT2D eigenvalue weighted by atomic mass is 16.3. The first kappa shape index (κ1) is 11.8.